The summed E-state index contributed by atoms with van der Waals surface area (Å²) in [5.74, 6) is 0. The molecule has 1 aromatic heterocycles. The van der Waals surface area contributed by atoms with Crippen molar-refractivity contribution in [3.05, 3.63) is 138 Å². The minimum Gasteiger partial charge on any atom is -0.355 e. The van der Waals surface area contributed by atoms with Crippen molar-refractivity contribution >= 4 is 51.4 Å². The molecule has 3 heteroatoms. The first-order valence-corrected chi connectivity index (χ1v) is 15.3. The molecule has 9 rings (SSSR count). The minimum absolute atomic E-state index is 0.0723. The highest BCUT2D eigenvalue weighted by Gasteiger charge is 2.37. The Labute approximate surface area is 252 Å². The van der Waals surface area contributed by atoms with Gasteiger partial charge in [-0.1, -0.05) is 104 Å². The van der Waals surface area contributed by atoms with Gasteiger partial charge in [-0.25, -0.2) is 0 Å². The maximum atomic E-state index is 3.86. The fraction of sp³-hybridized carbons (Fsp3) is 0.100. The summed E-state index contributed by atoms with van der Waals surface area (Å²) in [5.41, 5.74) is 18.2. The lowest BCUT2D eigenvalue weighted by Crippen LogP contribution is -2.37. The molecule has 2 heterocycles. The van der Waals surface area contributed by atoms with E-state index in [1.54, 1.807) is 0 Å². The van der Waals surface area contributed by atoms with Crippen molar-refractivity contribution in [3.8, 4) is 27.9 Å². The first kappa shape index (κ1) is 24.6. The monoisotopic (exact) mass is 550 g/mol. The van der Waals surface area contributed by atoms with Crippen molar-refractivity contribution < 1.29 is 0 Å². The van der Waals surface area contributed by atoms with Crippen LogP contribution in [0.1, 0.15) is 30.5 Å². The van der Waals surface area contributed by atoms with Crippen molar-refractivity contribution in [1.82, 2.24) is 4.57 Å². The molecule has 2 aliphatic rings. The van der Waals surface area contributed by atoms with Crippen LogP contribution in [0.4, 0.5) is 11.4 Å². The molecule has 6 aromatic carbocycles. The molecule has 0 unspecified atom stereocenters. The number of para-hydroxylation sites is 3. The number of fused-ring (bicyclic) bond motifs is 8. The number of hydrogen-bond acceptors (Lipinski definition) is 1. The van der Waals surface area contributed by atoms with Gasteiger partial charge in [0.2, 0.25) is 0 Å². The maximum Gasteiger partial charge on any atom is 0.198 e. The fourth-order valence-corrected chi connectivity index (χ4v) is 7.92. The third-order valence-electron chi connectivity index (χ3n) is 9.91. The van der Waals surface area contributed by atoms with Crippen LogP contribution in [0.3, 0.4) is 0 Å². The average Bonchev–Trinajstić information content (AvgIpc) is 3.50. The van der Waals surface area contributed by atoms with Gasteiger partial charge >= 0.3 is 0 Å². The Morgan fingerprint density at radius 2 is 1.40 bits per heavy atom. The molecule has 0 amide bonds. The quantitative estimate of drug-likeness (QED) is 0.218. The predicted molar refractivity (Wildman–Crippen MR) is 185 cm³/mol. The Balaban J connectivity index is 1.40. The predicted octanol–water partition coefficient (Wildman–Crippen LogP) is 8.51. The van der Waals surface area contributed by atoms with Crippen molar-refractivity contribution in [2.24, 2.45) is 0 Å². The lowest BCUT2D eigenvalue weighted by Gasteiger charge is -2.26. The van der Waals surface area contributed by atoms with Crippen LogP contribution in [0, 0.1) is 6.92 Å². The van der Waals surface area contributed by atoms with Crippen LogP contribution in [0.25, 0.3) is 49.7 Å². The zero-order valence-corrected chi connectivity index (χ0v) is 24.7. The van der Waals surface area contributed by atoms with Crippen molar-refractivity contribution in [1.29, 1.82) is 0 Å². The summed E-state index contributed by atoms with van der Waals surface area (Å²) in [4.78, 5) is 0. The van der Waals surface area contributed by atoms with Gasteiger partial charge in [0, 0.05) is 44.3 Å². The van der Waals surface area contributed by atoms with Gasteiger partial charge in [-0.05, 0) is 82.2 Å². The second-order valence-corrected chi connectivity index (χ2v) is 12.7. The Bertz CT molecular complexity index is 2270. The molecular formula is C40H31BN2. The van der Waals surface area contributed by atoms with E-state index in [2.05, 4.69) is 152 Å². The molecule has 2 nitrogen and oxygen atoms in total. The van der Waals surface area contributed by atoms with Crippen molar-refractivity contribution in [2.75, 3.05) is 5.32 Å². The highest BCUT2D eigenvalue weighted by molar-refractivity contribution is 6.73. The minimum atomic E-state index is -0.0723. The van der Waals surface area contributed by atoms with E-state index >= 15 is 0 Å². The van der Waals surface area contributed by atoms with Gasteiger partial charge in [-0.15, -0.1) is 0 Å². The Hall–Kier alpha value is -5.02. The van der Waals surface area contributed by atoms with Crippen LogP contribution >= 0.6 is 0 Å². The number of hydrogen-bond donors (Lipinski definition) is 1. The largest absolute Gasteiger partial charge is 0.355 e. The van der Waals surface area contributed by atoms with Crippen LogP contribution in [0.15, 0.2) is 121 Å². The summed E-state index contributed by atoms with van der Waals surface area (Å²) in [6, 6.07) is 44.7. The standard InChI is InChI=1S/C40H31BN2/c1-24-21-30(38-39-37(24)27-16-8-11-19-35(27)43(39)36-20-12-10-18-33(36)41-38)29-22-28-26-15-7-9-17-31(26)40(2,3)32(28)23-34(29)42-25-13-5-4-6-14-25/h4-23,41-42H,1-3H3. The summed E-state index contributed by atoms with van der Waals surface area (Å²) in [6.07, 6.45) is 0. The molecule has 204 valence electrons. The van der Waals surface area contributed by atoms with Crippen LogP contribution in [0.5, 0.6) is 0 Å². The Kier molecular flexibility index (Phi) is 5.00. The Morgan fingerprint density at radius 1 is 0.651 bits per heavy atom. The van der Waals surface area contributed by atoms with Gasteiger partial charge in [0.15, 0.2) is 7.28 Å². The van der Waals surface area contributed by atoms with E-state index in [-0.39, 0.29) is 5.41 Å². The second-order valence-electron chi connectivity index (χ2n) is 12.7. The van der Waals surface area contributed by atoms with Gasteiger partial charge in [0.25, 0.3) is 0 Å². The number of nitrogens with zero attached hydrogens (tertiary/aromatic N) is 1. The van der Waals surface area contributed by atoms with E-state index in [9.17, 15) is 0 Å². The van der Waals surface area contributed by atoms with Gasteiger partial charge < -0.3 is 9.88 Å². The van der Waals surface area contributed by atoms with Gasteiger partial charge in [-0.2, -0.15) is 0 Å². The first-order chi connectivity index (χ1) is 21.0. The average molecular weight is 551 g/mol. The molecule has 1 aliphatic heterocycles. The number of aromatic nitrogens is 1. The summed E-state index contributed by atoms with van der Waals surface area (Å²) >= 11 is 0. The number of aryl methyl sites for hydroxylation is 1. The van der Waals surface area contributed by atoms with E-state index in [1.165, 1.54) is 77.4 Å². The number of benzene rings is 6. The summed E-state index contributed by atoms with van der Waals surface area (Å²) in [6.45, 7) is 7.01. The van der Waals surface area contributed by atoms with Gasteiger partial charge in [0.1, 0.15) is 0 Å². The third kappa shape index (κ3) is 3.36. The topological polar surface area (TPSA) is 17.0 Å². The SMILES string of the molecule is Cc1cc(-c2cc3c(cc2Nc2ccccc2)C(C)(C)c2ccccc2-3)c2c3c1c1ccccc1n3-c1ccccc1B2. The van der Waals surface area contributed by atoms with Crippen molar-refractivity contribution in [2.45, 2.75) is 26.2 Å². The van der Waals surface area contributed by atoms with Crippen LogP contribution < -0.4 is 16.2 Å². The highest BCUT2D eigenvalue weighted by atomic mass is 15.0. The third-order valence-corrected chi connectivity index (χ3v) is 9.91. The summed E-state index contributed by atoms with van der Waals surface area (Å²) < 4.78 is 2.52. The Morgan fingerprint density at radius 3 is 2.28 bits per heavy atom. The molecule has 1 aliphatic carbocycles. The smallest absolute Gasteiger partial charge is 0.198 e. The molecule has 0 bridgehead atoms. The molecule has 0 atom stereocenters. The van der Waals surface area contributed by atoms with E-state index < -0.39 is 0 Å². The summed E-state index contributed by atoms with van der Waals surface area (Å²) in [7, 11) is 0.905. The normalized spacial score (nSPS) is 13.8. The first-order valence-electron chi connectivity index (χ1n) is 15.3. The molecule has 43 heavy (non-hydrogen) atoms. The number of anilines is 2. The van der Waals surface area contributed by atoms with Gasteiger partial charge in [-0.3, -0.25) is 0 Å². The molecule has 7 aromatic rings. The molecule has 0 radical (unpaired) electrons. The van der Waals surface area contributed by atoms with Crippen LogP contribution in [-0.4, -0.2) is 11.8 Å². The fourth-order valence-electron chi connectivity index (χ4n) is 7.92. The van der Waals surface area contributed by atoms with E-state index in [0.29, 0.717) is 0 Å². The lowest BCUT2D eigenvalue weighted by atomic mass is 9.59. The summed E-state index contributed by atoms with van der Waals surface area (Å²) in [5, 5.41) is 6.55. The molecule has 0 saturated heterocycles. The van der Waals surface area contributed by atoms with Gasteiger partial charge in [0.05, 0.1) is 5.52 Å². The number of nitrogens with one attached hydrogen (secondary N) is 1. The molecular weight excluding hydrogens is 519 g/mol. The zero-order valence-electron chi connectivity index (χ0n) is 24.7. The van der Waals surface area contributed by atoms with E-state index in [1.807, 2.05) is 0 Å². The van der Waals surface area contributed by atoms with E-state index in [0.717, 1.165) is 18.7 Å². The molecule has 0 saturated carbocycles. The van der Waals surface area contributed by atoms with Crippen molar-refractivity contribution in [3.63, 3.8) is 0 Å². The second kappa shape index (κ2) is 8.75. The lowest BCUT2D eigenvalue weighted by molar-refractivity contribution is 0.660. The zero-order chi connectivity index (χ0) is 28.9. The molecule has 0 fully saturated rings. The molecule has 1 N–H and O–H groups in total. The van der Waals surface area contributed by atoms with Crippen LogP contribution in [0.2, 0.25) is 0 Å². The maximum absolute atomic E-state index is 3.86. The van der Waals surface area contributed by atoms with Crippen LogP contribution in [-0.2, 0) is 5.41 Å². The number of rotatable bonds is 3. The van der Waals surface area contributed by atoms with E-state index in [4.69, 9.17) is 0 Å². The highest BCUT2D eigenvalue weighted by Crippen LogP contribution is 2.52. The molecule has 0 spiro atoms.